The van der Waals surface area contributed by atoms with Gasteiger partial charge in [0, 0.05) is 24.5 Å². The van der Waals surface area contributed by atoms with Crippen molar-refractivity contribution in [1.82, 2.24) is 9.55 Å². The molecule has 0 aliphatic carbocycles. The Hall–Kier alpha value is -1.08. The van der Waals surface area contributed by atoms with E-state index in [4.69, 9.17) is 5.73 Å². The number of aryl methyl sites for hydroxylation is 1. The molecule has 6 nitrogen and oxygen atoms in total. The molecular weight excluding hydrogens is 240 g/mol. The summed E-state index contributed by atoms with van der Waals surface area (Å²) in [5, 5.41) is 10.7. The molecule has 0 bridgehead atoms. The minimum absolute atomic E-state index is 0.0582. The molecule has 2 N–H and O–H groups in total. The van der Waals surface area contributed by atoms with Crippen LogP contribution in [0.5, 0.6) is 0 Å². The molecule has 0 fully saturated rings. The third-order valence-electron chi connectivity index (χ3n) is 2.54. The Labute approximate surface area is 105 Å². The number of hydrogen-bond donors (Lipinski definition) is 1. The monoisotopic (exact) mass is 258 g/mol. The maximum Gasteiger partial charge on any atom is 0.342 e. The minimum atomic E-state index is -0.400. The number of nitrogens with zero attached hydrogens (tertiary/aromatic N) is 3. The number of thioether (sulfide) groups is 1. The lowest BCUT2D eigenvalue weighted by Crippen LogP contribution is -2.21. The molecule has 1 aromatic rings. The molecular formula is C10H18N4O2S. The number of hydrogen-bond acceptors (Lipinski definition) is 5. The zero-order valence-electron chi connectivity index (χ0n) is 10.1. The highest BCUT2D eigenvalue weighted by Gasteiger charge is 2.16. The van der Waals surface area contributed by atoms with E-state index < -0.39 is 4.92 Å². The van der Waals surface area contributed by atoms with Crippen LogP contribution in [0.3, 0.4) is 0 Å². The first-order chi connectivity index (χ1) is 8.06. The van der Waals surface area contributed by atoms with Crippen molar-refractivity contribution in [3.63, 3.8) is 0 Å². The van der Waals surface area contributed by atoms with Crippen molar-refractivity contribution in [3.05, 3.63) is 22.1 Å². The molecule has 1 unspecified atom stereocenters. The van der Waals surface area contributed by atoms with Gasteiger partial charge in [0.05, 0.1) is 0 Å². The van der Waals surface area contributed by atoms with E-state index in [-0.39, 0.29) is 11.9 Å². The largest absolute Gasteiger partial charge is 0.358 e. The van der Waals surface area contributed by atoms with Crippen molar-refractivity contribution < 1.29 is 4.92 Å². The molecule has 0 aliphatic rings. The van der Waals surface area contributed by atoms with E-state index in [1.165, 1.54) is 6.20 Å². The van der Waals surface area contributed by atoms with Crippen LogP contribution in [0.4, 0.5) is 5.82 Å². The molecule has 1 heterocycles. The summed E-state index contributed by atoms with van der Waals surface area (Å²) in [6, 6.07) is 0.207. The fourth-order valence-corrected chi connectivity index (χ4v) is 2.40. The van der Waals surface area contributed by atoms with E-state index in [1.807, 2.05) is 0 Å². The quantitative estimate of drug-likeness (QED) is 0.455. The Bertz CT molecular complexity index is 380. The summed E-state index contributed by atoms with van der Waals surface area (Å²) in [4.78, 5) is 14.3. The summed E-state index contributed by atoms with van der Waals surface area (Å²) in [6.07, 6.45) is 2.26. The molecule has 17 heavy (non-hydrogen) atoms. The van der Waals surface area contributed by atoms with Crippen molar-refractivity contribution in [1.29, 1.82) is 0 Å². The van der Waals surface area contributed by atoms with Crippen LogP contribution in [0.15, 0.2) is 6.20 Å². The second kappa shape index (κ2) is 6.61. The summed E-state index contributed by atoms with van der Waals surface area (Å²) in [7, 11) is 0. The van der Waals surface area contributed by atoms with Crippen LogP contribution in [0.25, 0.3) is 0 Å². The van der Waals surface area contributed by atoms with Gasteiger partial charge in [0.25, 0.3) is 0 Å². The van der Waals surface area contributed by atoms with Gasteiger partial charge in [-0.05, 0) is 11.3 Å². The Morgan fingerprint density at radius 1 is 1.71 bits per heavy atom. The zero-order valence-corrected chi connectivity index (χ0v) is 10.9. The van der Waals surface area contributed by atoms with Crippen molar-refractivity contribution in [2.45, 2.75) is 32.9 Å². The number of rotatable bonds is 7. The Morgan fingerprint density at radius 3 is 3.00 bits per heavy atom. The van der Waals surface area contributed by atoms with Crippen LogP contribution in [0.2, 0.25) is 0 Å². The van der Waals surface area contributed by atoms with Crippen molar-refractivity contribution in [2.75, 3.05) is 11.5 Å². The number of nitrogens with two attached hydrogens (primary N) is 1. The molecule has 0 saturated carbocycles. The van der Waals surface area contributed by atoms with Gasteiger partial charge < -0.3 is 15.8 Å². The maximum absolute atomic E-state index is 10.7. The second-order valence-corrected chi connectivity index (χ2v) is 4.97. The van der Waals surface area contributed by atoms with Gasteiger partial charge in [-0.25, -0.2) is 9.55 Å². The highest BCUT2D eigenvalue weighted by Crippen LogP contribution is 2.15. The van der Waals surface area contributed by atoms with Crippen LogP contribution >= 0.6 is 11.8 Å². The summed E-state index contributed by atoms with van der Waals surface area (Å²) in [5.74, 6) is 2.43. The number of nitro groups is 1. The lowest BCUT2D eigenvalue weighted by Gasteiger charge is -2.07. The van der Waals surface area contributed by atoms with Crippen molar-refractivity contribution >= 4 is 17.6 Å². The summed E-state index contributed by atoms with van der Waals surface area (Å²) < 4.78 is 1.63. The van der Waals surface area contributed by atoms with Crippen LogP contribution in [0, 0.1) is 17.0 Å². The third kappa shape index (κ3) is 4.01. The Morgan fingerprint density at radius 2 is 2.41 bits per heavy atom. The number of imidazole rings is 1. The molecule has 0 amide bonds. The van der Waals surface area contributed by atoms with Crippen LogP contribution in [-0.2, 0) is 6.54 Å². The molecule has 0 aromatic carbocycles. The average molecular weight is 258 g/mol. The summed E-state index contributed by atoms with van der Waals surface area (Å²) in [5.41, 5.74) is 5.79. The fraction of sp³-hybridized carbons (Fsp3) is 0.700. The van der Waals surface area contributed by atoms with E-state index in [0.717, 1.165) is 17.9 Å². The molecule has 7 heteroatoms. The van der Waals surface area contributed by atoms with Crippen LogP contribution in [-0.4, -0.2) is 32.0 Å². The first-order valence-corrected chi connectivity index (χ1v) is 6.71. The smallest absolute Gasteiger partial charge is 0.342 e. The van der Waals surface area contributed by atoms with E-state index in [0.29, 0.717) is 12.4 Å². The normalized spacial score (nSPS) is 12.6. The van der Waals surface area contributed by atoms with E-state index in [1.54, 1.807) is 23.3 Å². The second-order valence-electron chi connectivity index (χ2n) is 3.82. The fourth-order valence-electron chi connectivity index (χ4n) is 1.39. The Kier molecular flexibility index (Phi) is 5.43. The van der Waals surface area contributed by atoms with Crippen molar-refractivity contribution in [3.8, 4) is 0 Å². The standard InChI is InChI=1S/C10H18N4O2S/c1-3-9(11)7-17-5-4-13-8(2)12-6-10(13)14(15)16/h6,9H,3-5,7,11H2,1-2H3. The van der Waals surface area contributed by atoms with Crippen LogP contribution < -0.4 is 5.73 Å². The predicted molar refractivity (Wildman–Crippen MR) is 69.2 cm³/mol. The zero-order chi connectivity index (χ0) is 12.8. The van der Waals surface area contributed by atoms with Gasteiger partial charge in [-0.3, -0.25) is 0 Å². The van der Waals surface area contributed by atoms with E-state index in [9.17, 15) is 10.1 Å². The minimum Gasteiger partial charge on any atom is -0.358 e. The van der Waals surface area contributed by atoms with Crippen molar-refractivity contribution in [2.24, 2.45) is 5.73 Å². The first kappa shape index (κ1) is 14.0. The van der Waals surface area contributed by atoms with Gasteiger partial charge in [-0.15, -0.1) is 0 Å². The van der Waals surface area contributed by atoms with E-state index >= 15 is 0 Å². The first-order valence-electron chi connectivity index (χ1n) is 5.56. The van der Waals surface area contributed by atoms with Gasteiger partial charge >= 0.3 is 5.82 Å². The van der Waals surface area contributed by atoms with Gasteiger partial charge in [-0.2, -0.15) is 11.8 Å². The molecule has 0 radical (unpaired) electrons. The highest BCUT2D eigenvalue weighted by atomic mass is 32.2. The third-order valence-corrected chi connectivity index (χ3v) is 3.67. The maximum atomic E-state index is 10.7. The van der Waals surface area contributed by atoms with Gasteiger partial charge in [0.15, 0.2) is 5.82 Å². The topological polar surface area (TPSA) is 87.0 Å². The highest BCUT2D eigenvalue weighted by molar-refractivity contribution is 7.99. The molecule has 0 saturated heterocycles. The summed E-state index contributed by atoms with van der Waals surface area (Å²) in [6.45, 7) is 4.43. The van der Waals surface area contributed by atoms with Gasteiger partial charge in [0.1, 0.15) is 12.7 Å². The molecule has 96 valence electrons. The SMILES string of the molecule is CCC(N)CSCCn1c([N+](=O)[O-])cnc1C. The van der Waals surface area contributed by atoms with Gasteiger partial charge in [0.2, 0.25) is 0 Å². The van der Waals surface area contributed by atoms with Crippen LogP contribution in [0.1, 0.15) is 19.2 Å². The average Bonchev–Trinajstić information content (AvgIpc) is 2.66. The molecule has 1 aromatic heterocycles. The van der Waals surface area contributed by atoms with Gasteiger partial charge in [-0.1, -0.05) is 6.92 Å². The molecule has 0 spiro atoms. The summed E-state index contributed by atoms with van der Waals surface area (Å²) >= 11 is 1.72. The Balaban J connectivity index is 2.46. The predicted octanol–water partition coefficient (Wildman–Crippen LogP) is 1.57. The molecule has 1 atom stereocenters. The lowest BCUT2D eigenvalue weighted by molar-refractivity contribution is -0.392. The molecule has 1 rings (SSSR count). The molecule has 0 aliphatic heterocycles. The lowest BCUT2D eigenvalue weighted by atomic mass is 10.3. The van der Waals surface area contributed by atoms with E-state index in [2.05, 4.69) is 11.9 Å². The number of aromatic nitrogens is 2.